The van der Waals surface area contributed by atoms with Crippen LogP contribution in [-0.4, -0.2) is 43.6 Å². The van der Waals surface area contributed by atoms with Gasteiger partial charge in [0.25, 0.3) is 0 Å². The third-order valence-corrected chi connectivity index (χ3v) is 4.58. The Morgan fingerprint density at radius 1 is 1.36 bits per heavy atom. The maximum Gasteiger partial charge on any atom is 0.148 e. The molecular weight excluding hydrogens is 296 g/mol. The largest absolute Gasteiger partial charge is 0.366 e. The molecule has 0 radical (unpaired) electrons. The standard InChI is InChI=1S/C15H22N6S/c1-11(2)15-18-14(22-20-15)10-21-8-5-12(6-9-21)17-13-4-3-7-16-19-13/h3-4,7,11-12H,5-6,8-10H2,1-2H3,(H,17,19). The number of hydrogen-bond acceptors (Lipinski definition) is 7. The van der Waals surface area contributed by atoms with E-state index >= 15 is 0 Å². The average molecular weight is 318 g/mol. The second-order valence-electron chi connectivity index (χ2n) is 6.00. The van der Waals surface area contributed by atoms with Gasteiger partial charge in [-0.1, -0.05) is 13.8 Å². The molecule has 0 spiro atoms. The maximum absolute atomic E-state index is 4.62. The number of nitrogens with one attached hydrogen (secondary N) is 1. The number of rotatable bonds is 5. The van der Waals surface area contributed by atoms with Crippen LogP contribution < -0.4 is 5.32 Å². The van der Waals surface area contributed by atoms with Gasteiger partial charge < -0.3 is 5.32 Å². The molecule has 0 aromatic carbocycles. The third-order valence-electron chi connectivity index (χ3n) is 3.87. The first-order chi connectivity index (χ1) is 10.7. The quantitative estimate of drug-likeness (QED) is 0.914. The molecule has 3 heterocycles. The average Bonchev–Trinajstić information content (AvgIpc) is 2.99. The van der Waals surface area contributed by atoms with Crippen LogP contribution in [0.1, 0.15) is 43.4 Å². The van der Waals surface area contributed by atoms with Gasteiger partial charge in [0.15, 0.2) is 0 Å². The fourth-order valence-electron chi connectivity index (χ4n) is 2.58. The molecule has 0 unspecified atom stereocenters. The summed E-state index contributed by atoms with van der Waals surface area (Å²) in [5.74, 6) is 2.25. The molecule has 2 aromatic rings. The van der Waals surface area contributed by atoms with Gasteiger partial charge in [0, 0.05) is 31.2 Å². The zero-order chi connectivity index (χ0) is 15.4. The Bertz CT molecular complexity index is 577. The van der Waals surface area contributed by atoms with Crippen molar-refractivity contribution in [3.05, 3.63) is 29.2 Å². The van der Waals surface area contributed by atoms with Crippen molar-refractivity contribution in [2.24, 2.45) is 0 Å². The summed E-state index contributed by atoms with van der Waals surface area (Å²) in [6.45, 7) is 7.34. The van der Waals surface area contributed by atoms with Gasteiger partial charge in [0.05, 0.1) is 6.54 Å². The first-order valence-electron chi connectivity index (χ1n) is 7.80. The van der Waals surface area contributed by atoms with Crippen LogP contribution in [0.2, 0.25) is 0 Å². The normalized spacial score (nSPS) is 17.0. The number of likely N-dealkylation sites (tertiary alicyclic amines) is 1. The molecule has 1 N–H and O–H groups in total. The second-order valence-corrected chi connectivity index (χ2v) is 6.84. The molecule has 0 atom stereocenters. The summed E-state index contributed by atoms with van der Waals surface area (Å²) >= 11 is 1.54. The Hall–Kier alpha value is -1.60. The molecule has 0 aliphatic carbocycles. The van der Waals surface area contributed by atoms with Crippen LogP contribution in [0.5, 0.6) is 0 Å². The molecule has 0 amide bonds. The van der Waals surface area contributed by atoms with E-state index in [4.69, 9.17) is 0 Å². The minimum atomic E-state index is 0.409. The summed E-state index contributed by atoms with van der Waals surface area (Å²) in [5, 5.41) is 12.6. The van der Waals surface area contributed by atoms with E-state index in [0.717, 1.165) is 49.1 Å². The highest BCUT2D eigenvalue weighted by Gasteiger charge is 2.20. The van der Waals surface area contributed by atoms with Crippen LogP contribution in [0.15, 0.2) is 18.3 Å². The SMILES string of the molecule is CC(C)c1nsc(CN2CCC(Nc3cccnn3)CC2)n1. The summed E-state index contributed by atoms with van der Waals surface area (Å²) in [6.07, 6.45) is 3.93. The van der Waals surface area contributed by atoms with Crippen LogP contribution in [0, 0.1) is 0 Å². The third kappa shape index (κ3) is 3.98. The number of anilines is 1. The topological polar surface area (TPSA) is 66.8 Å². The molecule has 22 heavy (non-hydrogen) atoms. The molecule has 1 aliphatic rings. The highest BCUT2D eigenvalue weighted by atomic mass is 32.1. The Morgan fingerprint density at radius 2 is 2.18 bits per heavy atom. The van der Waals surface area contributed by atoms with Crippen molar-refractivity contribution in [2.45, 2.75) is 45.2 Å². The summed E-state index contributed by atoms with van der Waals surface area (Å²) in [7, 11) is 0. The van der Waals surface area contributed by atoms with E-state index in [0.29, 0.717) is 12.0 Å². The van der Waals surface area contributed by atoms with E-state index < -0.39 is 0 Å². The van der Waals surface area contributed by atoms with Gasteiger partial charge >= 0.3 is 0 Å². The zero-order valence-electron chi connectivity index (χ0n) is 13.1. The Balaban J connectivity index is 1.47. The Labute approximate surface area is 135 Å². The molecule has 118 valence electrons. The van der Waals surface area contributed by atoms with Crippen LogP contribution in [0.25, 0.3) is 0 Å². The van der Waals surface area contributed by atoms with Crippen molar-refractivity contribution in [1.29, 1.82) is 0 Å². The van der Waals surface area contributed by atoms with Gasteiger partial charge in [-0.3, -0.25) is 4.90 Å². The van der Waals surface area contributed by atoms with Crippen molar-refractivity contribution in [1.82, 2.24) is 24.5 Å². The minimum absolute atomic E-state index is 0.409. The number of nitrogens with zero attached hydrogens (tertiary/aromatic N) is 5. The minimum Gasteiger partial charge on any atom is -0.366 e. The fraction of sp³-hybridized carbons (Fsp3) is 0.600. The molecule has 6 nitrogen and oxygen atoms in total. The van der Waals surface area contributed by atoms with Crippen molar-refractivity contribution in [2.75, 3.05) is 18.4 Å². The molecule has 0 saturated carbocycles. The van der Waals surface area contributed by atoms with Gasteiger partial charge in [0.2, 0.25) is 0 Å². The lowest BCUT2D eigenvalue weighted by molar-refractivity contribution is 0.211. The second kappa shape index (κ2) is 7.11. The summed E-state index contributed by atoms with van der Waals surface area (Å²) in [4.78, 5) is 7.08. The number of hydrogen-bond donors (Lipinski definition) is 1. The lowest BCUT2D eigenvalue weighted by Gasteiger charge is -2.31. The van der Waals surface area contributed by atoms with Crippen LogP contribution >= 0.6 is 11.5 Å². The monoisotopic (exact) mass is 318 g/mol. The number of piperidine rings is 1. The summed E-state index contributed by atoms with van der Waals surface area (Å²) < 4.78 is 4.43. The van der Waals surface area contributed by atoms with E-state index in [1.165, 1.54) is 11.5 Å². The predicted octanol–water partition coefficient (Wildman–Crippen LogP) is 2.53. The van der Waals surface area contributed by atoms with Crippen LogP contribution in [0.4, 0.5) is 5.82 Å². The maximum atomic E-state index is 4.62. The fourth-order valence-corrected chi connectivity index (χ4v) is 3.41. The zero-order valence-corrected chi connectivity index (χ0v) is 13.9. The molecule has 0 bridgehead atoms. The van der Waals surface area contributed by atoms with Gasteiger partial charge in [-0.15, -0.1) is 5.10 Å². The lowest BCUT2D eigenvalue weighted by atomic mass is 10.1. The Kier molecular flexibility index (Phi) is 4.94. The molecule has 1 aliphatic heterocycles. The summed E-state index contributed by atoms with van der Waals surface area (Å²) in [5.41, 5.74) is 0. The predicted molar refractivity (Wildman–Crippen MR) is 88.0 cm³/mol. The molecule has 1 fully saturated rings. The Morgan fingerprint density at radius 3 is 2.82 bits per heavy atom. The van der Waals surface area contributed by atoms with Crippen molar-refractivity contribution in [3.8, 4) is 0 Å². The highest BCUT2D eigenvalue weighted by molar-refractivity contribution is 7.05. The van der Waals surface area contributed by atoms with E-state index in [-0.39, 0.29) is 0 Å². The van der Waals surface area contributed by atoms with E-state index in [1.807, 2.05) is 12.1 Å². The lowest BCUT2D eigenvalue weighted by Crippen LogP contribution is -2.38. The highest BCUT2D eigenvalue weighted by Crippen LogP contribution is 2.19. The first-order valence-corrected chi connectivity index (χ1v) is 8.57. The molecular formula is C15H22N6S. The van der Waals surface area contributed by atoms with E-state index in [9.17, 15) is 0 Å². The van der Waals surface area contributed by atoms with Gasteiger partial charge in [-0.2, -0.15) is 9.47 Å². The van der Waals surface area contributed by atoms with Gasteiger partial charge in [0.1, 0.15) is 16.6 Å². The van der Waals surface area contributed by atoms with Crippen molar-refractivity contribution in [3.63, 3.8) is 0 Å². The van der Waals surface area contributed by atoms with Crippen LogP contribution in [0.3, 0.4) is 0 Å². The van der Waals surface area contributed by atoms with Gasteiger partial charge in [-0.05, 0) is 36.5 Å². The van der Waals surface area contributed by atoms with Crippen molar-refractivity contribution >= 4 is 17.4 Å². The molecule has 2 aromatic heterocycles. The first kappa shape index (κ1) is 15.3. The summed E-state index contributed by atoms with van der Waals surface area (Å²) in [6, 6.07) is 4.36. The molecule has 3 rings (SSSR count). The van der Waals surface area contributed by atoms with E-state index in [1.54, 1.807) is 6.20 Å². The van der Waals surface area contributed by atoms with Gasteiger partial charge in [-0.25, -0.2) is 4.98 Å². The molecule has 7 heteroatoms. The van der Waals surface area contributed by atoms with Crippen molar-refractivity contribution < 1.29 is 0 Å². The van der Waals surface area contributed by atoms with E-state index in [2.05, 4.69) is 43.6 Å². The van der Waals surface area contributed by atoms with Crippen LogP contribution in [-0.2, 0) is 6.54 Å². The molecule has 1 saturated heterocycles. The number of aromatic nitrogens is 4. The smallest absolute Gasteiger partial charge is 0.148 e.